The Hall–Kier alpha value is -1.27. The Morgan fingerprint density at radius 2 is 2.31 bits per heavy atom. The van der Waals surface area contributed by atoms with Gasteiger partial charge >= 0.3 is 5.97 Å². The largest absolute Gasteiger partial charge is 0.480 e. The number of carboxylic acids is 1. The summed E-state index contributed by atoms with van der Waals surface area (Å²) in [7, 11) is 0. The number of carbonyl (C=O) groups is 2. The first-order valence-electron chi connectivity index (χ1n) is 3.43. The molecule has 0 aliphatic carbocycles. The molecule has 0 amide bonds. The van der Waals surface area contributed by atoms with Crippen LogP contribution in [0.2, 0.25) is 0 Å². The third-order valence-electron chi connectivity index (χ3n) is 1.54. The number of aromatic nitrogens is 1. The third-order valence-corrected chi connectivity index (χ3v) is 2.31. The molecule has 1 aromatic rings. The van der Waals surface area contributed by atoms with Crippen LogP contribution in [0.1, 0.15) is 16.7 Å². The Bertz CT molecular complexity index is 332. The zero-order valence-corrected chi connectivity index (χ0v) is 7.67. The monoisotopic (exact) mass is 200 g/mol. The van der Waals surface area contributed by atoms with E-state index >= 15 is 0 Å². The van der Waals surface area contributed by atoms with Crippen molar-refractivity contribution < 1.29 is 14.7 Å². The van der Waals surface area contributed by atoms with Crippen molar-refractivity contribution in [2.45, 2.75) is 12.5 Å². The number of nitrogens with zero attached hydrogens (tertiary/aromatic N) is 1. The first-order chi connectivity index (χ1) is 5.96. The normalized spacial score (nSPS) is 14.9. The number of Topliss-reactive ketones (excluding diaryl/α,β-unsaturated/α-hetero) is 1. The molecule has 5 nitrogen and oxygen atoms in total. The average Bonchev–Trinajstić information content (AvgIpc) is 2.54. The van der Waals surface area contributed by atoms with Gasteiger partial charge in [0.15, 0.2) is 10.5 Å². The molecule has 1 aromatic heterocycles. The van der Waals surface area contributed by atoms with Gasteiger partial charge in [0.05, 0.1) is 0 Å². The Kier molecular flexibility index (Phi) is 2.44. The van der Waals surface area contributed by atoms with E-state index in [0.29, 0.717) is 0 Å². The maximum atomic E-state index is 11.4. The summed E-state index contributed by atoms with van der Waals surface area (Å²) in [5.74, 6) is -2.03. The summed E-state index contributed by atoms with van der Waals surface area (Å²) < 4.78 is 0. The second-order valence-electron chi connectivity index (χ2n) is 2.67. The van der Waals surface area contributed by atoms with Crippen molar-refractivity contribution in [3.63, 3.8) is 0 Å². The minimum atomic E-state index is -1.89. The van der Waals surface area contributed by atoms with Crippen molar-refractivity contribution in [1.29, 1.82) is 0 Å². The van der Waals surface area contributed by atoms with E-state index in [1.165, 1.54) is 6.20 Å². The fourth-order valence-electron chi connectivity index (χ4n) is 0.655. The fraction of sp³-hybridized carbons (Fsp3) is 0.286. The van der Waals surface area contributed by atoms with E-state index in [0.717, 1.165) is 18.3 Å². The van der Waals surface area contributed by atoms with Gasteiger partial charge in [0.25, 0.3) is 0 Å². The van der Waals surface area contributed by atoms with E-state index in [9.17, 15) is 9.59 Å². The lowest BCUT2D eigenvalue weighted by Gasteiger charge is -2.15. The molecular formula is C7H8N2O3S. The van der Waals surface area contributed by atoms with Crippen LogP contribution < -0.4 is 5.73 Å². The number of thiazole rings is 1. The molecule has 0 aliphatic rings. The van der Waals surface area contributed by atoms with Crippen LogP contribution in [0.25, 0.3) is 0 Å². The SMILES string of the molecule is CC(N)(C(=O)O)C(=O)c1nccs1. The van der Waals surface area contributed by atoms with Crippen LogP contribution in [0.15, 0.2) is 11.6 Å². The first-order valence-corrected chi connectivity index (χ1v) is 4.31. The van der Waals surface area contributed by atoms with E-state index in [-0.39, 0.29) is 5.01 Å². The molecule has 0 fully saturated rings. The van der Waals surface area contributed by atoms with E-state index in [2.05, 4.69) is 4.98 Å². The standard InChI is InChI=1S/C7H8N2O3S/c1-7(8,6(11)12)4(10)5-9-2-3-13-5/h2-3H,8H2,1H3,(H,11,12). The highest BCUT2D eigenvalue weighted by atomic mass is 32.1. The number of nitrogens with two attached hydrogens (primary N) is 1. The minimum Gasteiger partial charge on any atom is -0.480 e. The van der Waals surface area contributed by atoms with Crippen molar-refractivity contribution in [3.05, 3.63) is 16.6 Å². The number of aliphatic carboxylic acids is 1. The highest BCUT2D eigenvalue weighted by Gasteiger charge is 2.38. The third kappa shape index (κ3) is 1.73. The van der Waals surface area contributed by atoms with E-state index < -0.39 is 17.3 Å². The molecule has 6 heteroatoms. The summed E-state index contributed by atoms with van der Waals surface area (Å²) in [5.41, 5.74) is 3.42. The molecule has 13 heavy (non-hydrogen) atoms. The van der Waals surface area contributed by atoms with Crippen LogP contribution in [0.3, 0.4) is 0 Å². The van der Waals surface area contributed by atoms with Gasteiger partial charge in [-0.15, -0.1) is 11.3 Å². The molecule has 0 saturated carbocycles. The van der Waals surface area contributed by atoms with Crippen LogP contribution in [0.5, 0.6) is 0 Å². The maximum absolute atomic E-state index is 11.4. The van der Waals surface area contributed by atoms with Gasteiger partial charge in [0, 0.05) is 11.6 Å². The second kappa shape index (κ2) is 3.23. The van der Waals surface area contributed by atoms with Crippen molar-refractivity contribution >= 4 is 23.1 Å². The molecule has 3 N–H and O–H groups in total. The van der Waals surface area contributed by atoms with Gasteiger partial charge in [-0.05, 0) is 6.92 Å². The number of carbonyl (C=O) groups excluding carboxylic acids is 1. The Morgan fingerprint density at radius 1 is 1.69 bits per heavy atom. The zero-order valence-electron chi connectivity index (χ0n) is 6.85. The number of hydrogen-bond acceptors (Lipinski definition) is 5. The topological polar surface area (TPSA) is 93.3 Å². The summed E-state index contributed by atoms with van der Waals surface area (Å²) in [6.07, 6.45) is 1.43. The molecule has 0 bridgehead atoms. The quantitative estimate of drug-likeness (QED) is 0.534. The molecule has 1 unspecified atom stereocenters. The lowest BCUT2D eigenvalue weighted by molar-refractivity contribution is -0.140. The molecule has 1 heterocycles. The highest BCUT2D eigenvalue weighted by Crippen LogP contribution is 2.13. The second-order valence-corrected chi connectivity index (χ2v) is 3.57. The number of rotatable bonds is 3. The van der Waals surface area contributed by atoms with Crippen LogP contribution in [-0.4, -0.2) is 27.4 Å². The lowest BCUT2D eigenvalue weighted by atomic mass is 9.99. The Morgan fingerprint density at radius 3 is 2.69 bits per heavy atom. The van der Waals surface area contributed by atoms with Crippen molar-refractivity contribution in [3.8, 4) is 0 Å². The van der Waals surface area contributed by atoms with Gasteiger partial charge in [0.2, 0.25) is 5.78 Å². The maximum Gasteiger partial charge on any atom is 0.331 e. The minimum absolute atomic E-state index is 0.118. The van der Waals surface area contributed by atoms with Crippen molar-refractivity contribution in [2.75, 3.05) is 0 Å². The fourth-order valence-corrected chi connectivity index (χ4v) is 1.35. The summed E-state index contributed by atoms with van der Waals surface area (Å²) in [6, 6.07) is 0. The molecule has 0 radical (unpaired) electrons. The summed E-state index contributed by atoms with van der Waals surface area (Å²) in [5, 5.41) is 10.3. The Labute approximate surface area is 78.2 Å². The number of ketones is 1. The summed E-state index contributed by atoms with van der Waals surface area (Å²) >= 11 is 1.07. The molecule has 1 atom stereocenters. The van der Waals surface area contributed by atoms with Gasteiger partial charge in [-0.1, -0.05) is 0 Å². The molecule has 70 valence electrons. The molecule has 1 rings (SSSR count). The van der Waals surface area contributed by atoms with Crippen molar-refractivity contribution in [2.24, 2.45) is 5.73 Å². The van der Waals surface area contributed by atoms with Crippen molar-refractivity contribution in [1.82, 2.24) is 4.98 Å². The van der Waals surface area contributed by atoms with Crippen LogP contribution in [0.4, 0.5) is 0 Å². The van der Waals surface area contributed by atoms with Crippen LogP contribution in [-0.2, 0) is 4.79 Å². The van der Waals surface area contributed by atoms with E-state index in [1.807, 2.05) is 0 Å². The number of carboxylic acid groups (broad SMARTS) is 1. The predicted octanol–water partition coefficient (Wildman–Crippen LogP) is 0.128. The highest BCUT2D eigenvalue weighted by molar-refractivity contribution is 7.11. The van der Waals surface area contributed by atoms with Gasteiger partial charge in [-0.2, -0.15) is 0 Å². The molecule has 0 spiro atoms. The molecule has 0 aliphatic heterocycles. The van der Waals surface area contributed by atoms with Gasteiger partial charge < -0.3 is 10.8 Å². The smallest absolute Gasteiger partial charge is 0.331 e. The number of hydrogen-bond donors (Lipinski definition) is 2. The van der Waals surface area contributed by atoms with Gasteiger partial charge in [-0.25, -0.2) is 9.78 Å². The van der Waals surface area contributed by atoms with E-state index in [1.54, 1.807) is 5.38 Å². The summed E-state index contributed by atoms with van der Waals surface area (Å²) in [6.45, 7) is 1.15. The predicted molar refractivity (Wildman–Crippen MR) is 46.7 cm³/mol. The molecular weight excluding hydrogens is 192 g/mol. The lowest BCUT2D eigenvalue weighted by Crippen LogP contribution is -2.52. The molecule has 0 saturated heterocycles. The van der Waals surface area contributed by atoms with Gasteiger partial charge in [0.1, 0.15) is 0 Å². The Balaban J connectivity index is 2.98. The van der Waals surface area contributed by atoms with Crippen LogP contribution >= 0.6 is 11.3 Å². The van der Waals surface area contributed by atoms with E-state index in [4.69, 9.17) is 10.8 Å². The average molecular weight is 200 g/mol. The first kappa shape index (κ1) is 9.82. The van der Waals surface area contributed by atoms with Crippen LogP contribution in [0, 0.1) is 0 Å². The van der Waals surface area contributed by atoms with Gasteiger partial charge in [-0.3, -0.25) is 4.79 Å². The molecule has 0 aromatic carbocycles. The zero-order chi connectivity index (χ0) is 10.1. The summed E-state index contributed by atoms with van der Waals surface area (Å²) in [4.78, 5) is 25.7.